The molecule has 0 bridgehead atoms. The number of ketones is 1. The van der Waals surface area contributed by atoms with E-state index in [1.165, 1.54) is 7.11 Å². The third kappa shape index (κ3) is 5.45. The number of hydrogen-bond acceptors (Lipinski definition) is 4. The van der Waals surface area contributed by atoms with Gasteiger partial charge in [-0.2, -0.15) is 0 Å². The summed E-state index contributed by atoms with van der Waals surface area (Å²) in [4.78, 5) is 22.0. The maximum atomic E-state index is 11.2. The summed E-state index contributed by atoms with van der Waals surface area (Å²) in [6.45, 7) is 11.3. The van der Waals surface area contributed by atoms with E-state index in [4.69, 9.17) is 4.43 Å². The lowest BCUT2D eigenvalue weighted by molar-refractivity contribution is -0.151. The highest BCUT2D eigenvalue weighted by Gasteiger charge is 2.36. The molecule has 0 amide bonds. The first kappa shape index (κ1) is 16.3. The number of Topliss-reactive ketones (excluding diaryl/α,β-unsaturated/α-hetero) is 1. The van der Waals surface area contributed by atoms with E-state index in [-0.39, 0.29) is 11.5 Å². The van der Waals surface area contributed by atoms with Crippen molar-refractivity contribution in [3.8, 4) is 0 Å². The molecule has 0 atom stereocenters. The van der Waals surface area contributed by atoms with Crippen LogP contribution in [0.15, 0.2) is 0 Å². The number of carbonyl (C=O) groups is 2. The third-order valence-corrected chi connectivity index (χ3v) is 7.77. The van der Waals surface area contributed by atoms with E-state index in [1.807, 2.05) is 0 Å². The molecule has 0 spiro atoms. The van der Waals surface area contributed by atoms with Gasteiger partial charge in [-0.25, -0.2) is 4.79 Å². The lowest BCUT2D eigenvalue weighted by Gasteiger charge is -2.36. The summed E-state index contributed by atoms with van der Waals surface area (Å²) in [6.07, 6.45) is 0.766. The molecule has 0 N–H and O–H groups in total. The second-order valence-corrected chi connectivity index (χ2v) is 10.4. The normalized spacial score (nSPS) is 12.4. The first-order chi connectivity index (χ1) is 7.62. The molecule has 0 aliphatic rings. The van der Waals surface area contributed by atoms with Crippen LogP contribution in [-0.2, 0) is 18.8 Å². The fourth-order valence-corrected chi connectivity index (χ4v) is 2.08. The van der Waals surface area contributed by atoms with Crippen LogP contribution in [0.3, 0.4) is 0 Å². The zero-order valence-corrected chi connectivity index (χ0v) is 12.8. The Hall–Kier alpha value is -0.683. The molecule has 0 aromatic carbocycles. The number of hydrogen-bond donors (Lipinski definition) is 0. The van der Waals surface area contributed by atoms with Gasteiger partial charge in [0.05, 0.1) is 7.11 Å². The molecule has 0 heterocycles. The third-order valence-electron chi connectivity index (χ3n) is 3.23. The Morgan fingerprint density at radius 2 is 1.71 bits per heavy atom. The van der Waals surface area contributed by atoms with Gasteiger partial charge in [0, 0.05) is 13.0 Å². The minimum atomic E-state index is -1.74. The zero-order valence-electron chi connectivity index (χ0n) is 11.8. The molecule has 5 heteroatoms. The van der Waals surface area contributed by atoms with E-state index in [1.54, 1.807) is 0 Å². The van der Waals surface area contributed by atoms with E-state index in [0.717, 1.165) is 0 Å². The van der Waals surface area contributed by atoms with Crippen LogP contribution in [0, 0.1) is 0 Å². The van der Waals surface area contributed by atoms with Gasteiger partial charge in [-0.1, -0.05) is 20.8 Å². The predicted molar refractivity (Wildman–Crippen MR) is 69.4 cm³/mol. The highest BCUT2D eigenvalue weighted by molar-refractivity contribution is 6.74. The summed E-state index contributed by atoms with van der Waals surface area (Å²) in [5.74, 6) is -1.25. The Bertz CT molecular complexity index is 279. The molecule has 0 fully saturated rings. The van der Waals surface area contributed by atoms with Crippen LogP contribution in [0.1, 0.15) is 33.6 Å². The summed E-state index contributed by atoms with van der Waals surface area (Å²) in [5.41, 5.74) is 0. The number of esters is 1. The van der Waals surface area contributed by atoms with E-state index >= 15 is 0 Å². The van der Waals surface area contributed by atoms with Crippen molar-refractivity contribution in [2.75, 3.05) is 13.7 Å². The highest BCUT2D eigenvalue weighted by Crippen LogP contribution is 2.36. The van der Waals surface area contributed by atoms with Crippen molar-refractivity contribution in [3.05, 3.63) is 0 Å². The quantitative estimate of drug-likeness (QED) is 0.319. The summed E-state index contributed by atoms with van der Waals surface area (Å²) in [7, 11) is -0.525. The maximum Gasteiger partial charge on any atom is 0.374 e. The molecule has 4 nitrogen and oxygen atoms in total. The highest BCUT2D eigenvalue weighted by atomic mass is 28.4. The molecule has 0 aromatic heterocycles. The first-order valence-corrected chi connectivity index (χ1v) is 8.78. The molecule has 0 aromatic rings. The topological polar surface area (TPSA) is 52.6 Å². The summed E-state index contributed by atoms with van der Waals surface area (Å²) in [6, 6.07) is 0. The average molecular weight is 260 g/mol. The van der Waals surface area contributed by atoms with Gasteiger partial charge in [0.15, 0.2) is 8.32 Å². The second-order valence-electron chi connectivity index (χ2n) is 5.63. The molecule has 0 rings (SSSR count). The molecule has 0 saturated carbocycles. The Labute approximate surface area is 105 Å². The average Bonchev–Trinajstić information content (AvgIpc) is 2.21. The summed E-state index contributed by atoms with van der Waals surface area (Å²) in [5, 5.41) is 0.166. The lowest BCUT2D eigenvalue weighted by atomic mass is 10.2. The van der Waals surface area contributed by atoms with Crippen LogP contribution < -0.4 is 0 Å². The SMILES string of the molecule is COC(=O)C(=O)CCCO[Si](C)(C)C(C)(C)C. The molecule has 17 heavy (non-hydrogen) atoms. The second kappa shape index (κ2) is 6.30. The number of rotatable bonds is 6. The minimum absolute atomic E-state index is 0.166. The standard InChI is InChI=1S/C12H24O4Si/c1-12(2,3)17(5,6)16-9-7-8-10(13)11(14)15-4/h7-9H2,1-6H3. The van der Waals surface area contributed by atoms with Gasteiger partial charge in [-0.15, -0.1) is 0 Å². The molecule has 0 saturated heterocycles. The fraction of sp³-hybridized carbons (Fsp3) is 0.833. The Balaban J connectivity index is 3.94. The Kier molecular flexibility index (Phi) is 6.05. The van der Waals surface area contributed by atoms with Crippen LogP contribution in [0.4, 0.5) is 0 Å². The van der Waals surface area contributed by atoms with Crippen molar-refractivity contribution in [1.29, 1.82) is 0 Å². The summed E-state index contributed by atoms with van der Waals surface area (Å²) >= 11 is 0. The van der Waals surface area contributed by atoms with Crippen molar-refractivity contribution < 1.29 is 18.8 Å². The van der Waals surface area contributed by atoms with Gasteiger partial charge in [-0.3, -0.25) is 4.79 Å². The van der Waals surface area contributed by atoms with E-state index in [2.05, 4.69) is 38.6 Å². The number of methoxy groups -OCH3 is 1. The molecule has 0 unspecified atom stereocenters. The van der Waals surface area contributed by atoms with Crippen LogP contribution >= 0.6 is 0 Å². The minimum Gasteiger partial charge on any atom is -0.463 e. The van der Waals surface area contributed by atoms with Crippen LogP contribution in [0.2, 0.25) is 18.1 Å². The molecular weight excluding hydrogens is 236 g/mol. The maximum absolute atomic E-state index is 11.2. The van der Waals surface area contributed by atoms with Gasteiger partial charge in [0.25, 0.3) is 0 Å². The number of ether oxygens (including phenoxy) is 1. The van der Waals surface area contributed by atoms with E-state index < -0.39 is 20.1 Å². The lowest BCUT2D eigenvalue weighted by Crippen LogP contribution is -2.41. The largest absolute Gasteiger partial charge is 0.463 e. The van der Waals surface area contributed by atoms with Crippen molar-refractivity contribution in [3.63, 3.8) is 0 Å². The summed E-state index contributed by atoms with van der Waals surface area (Å²) < 4.78 is 10.2. The smallest absolute Gasteiger partial charge is 0.374 e. The van der Waals surface area contributed by atoms with E-state index in [9.17, 15) is 9.59 Å². The van der Waals surface area contributed by atoms with Gasteiger partial charge in [0.2, 0.25) is 5.78 Å². The van der Waals surface area contributed by atoms with Gasteiger partial charge in [0.1, 0.15) is 0 Å². The molecule has 0 radical (unpaired) electrons. The molecule has 0 aliphatic heterocycles. The monoisotopic (exact) mass is 260 g/mol. The van der Waals surface area contributed by atoms with Crippen molar-refractivity contribution in [2.24, 2.45) is 0 Å². The van der Waals surface area contributed by atoms with Crippen LogP contribution in [0.25, 0.3) is 0 Å². The molecule has 0 aliphatic carbocycles. The number of carbonyl (C=O) groups excluding carboxylic acids is 2. The van der Waals surface area contributed by atoms with Crippen LogP contribution in [0.5, 0.6) is 0 Å². The van der Waals surface area contributed by atoms with Crippen molar-refractivity contribution in [1.82, 2.24) is 0 Å². The van der Waals surface area contributed by atoms with Crippen LogP contribution in [-0.4, -0.2) is 33.8 Å². The van der Waals surface area contributed by atoms with E-state index in [0.29, 0.717) is 13.0 Å². The van der Waals surface area contributed by atoms with Crippen molar-refractivity contribution >= 4 is 20.1 Å². The van der Waals surface area contributed by atoms with Gasteiger partial charge in [-0.05, 0) is 24.6 Å². The Morgan fingerprint density at radius 1 is 1.18 bits per heavy atom. The zero-order chi connectivity index (χ0) is 13.7. The van der Waals surface area contributed by atoms with Crippen molar-refractivity contribution in [2.45, 2.75) is 51.7 Å². The fourth-order valence-electron chi connectivity index (χ4n) is 0.992. The Morgan fingerprint density at radius 3 is 2.12 bits per heavy atom. The predicted octanol–water partition coefficient (Wildman–Crippen LogP) is 2.53. The molecule has 100 valence electrons. The van der Waals surface area contributed by atoms with Gasteiger partial charge >= 0.3 is 5.97 Å². The van der Waals surface area contributed by atoms with Gasteiger partial charge < -0.3 is 9.16 Å². The molecular formula is C12H24O4Si. The first-order valence-electron chi connectivity index (χ1n) is 5.87.